The van der Waals surface area contributed by atoms with Crippen molar-refractivity contribution < 1.29 is 16.8 Å². The lowest BCUT2D eigenvalue weighted by Crippen LogP contribution is -2.13. The van der Waals surface area contributed by atoms with Crippen LogP contribution in [-0.2, 0) is 20.0 Å². The zero-order valence-corrected chi connectivity index (χ0v) is 15.3. The lowest BCUT2D eigenvalue weighted by Gasteiger charge is -2.09. The van der Waals surface area contributed by atoms with E-state index in [-0.39, 0.29) is 9.79 Å². The van der Waals surface area contributed by atoms with Crippen molar-refractivity contribution in [2.24, 2.45) is 0 Å². The molecule has 3 aromatic rings. The minimum atomic E-state index is -3.63. The topological polar surface area (TPSA) is 92.3 Å². The maximum atomic E-state index is 12.1. The molecule has 2 heterocycles. The van der Waals surface area contributed by atoms with Gasteiger partial charge in [-0.2, -0.15) is 22.7 Å². The lowest BCUT2D eigenvalue weighted by atomic mass is 10.3. The van der Waals surface area contributed by atoms with Crippen molar-refractivity contribution >= 4 is 54.1 Å². The summed E-state index contributed by atoms with van der Waals surface area (Å²) in [5.74, 6) is 0. The third-order valence-corrected chi connectivity index (χ3v) is 7.42. The second kappa shape index (κ2) is 6.55. The van der Waals surface area contributed by atoms with Crippen LogP contribution in [0.25, 0.3) is 0 Å². The summed E-state index contributed by atoms with van der Waals surface area (Å²) < 4.78 is 53.4. The molecule has 0 aliphatic rings. The first-order valence-electron chi connectivity index (χ1n) is 6.57. The molecule has 0 aliphatic carbocycles. The summed E-state index contributed by atoms with van der Waals surface area (Å²) in [6.07, 6.45) is 0. The van der Waals surface area contributed by atoms with Gasteiger partial charge in [0.25, 0.3) is 20.0 Å². The van der Waals surface area contributed by atoms with E-state index in [2.05, 4.69) is 9.44 Å². The molecule has 126 valence electrons. The average molecular weight is 401 g/mol. The number of sulfonamides is 2. The molecule has 0 unspecified atom stereocenters. The second-order valence-corrected chi connectivity index (χ2v) is 9.63. The molecular weight excluding hydrogens is 388 g/mol. The molecule has 0 aliphatic heterocycles. The van der Waals surface area contributed by atoms with E-state index in [9.17, 15) is 16.8 Å². The van der Waals surface area contributed by atoms with Crippen molar-refractivity contribution in [2.75, 3.05) is 9.44 Å². The van der Waals surface area contributed by atoms with Crippen molar-refractivity contribution in [3.63, 3.8) is 0 Å². The largest absolute Gasteiger partial charge is 0.280 e. The zero-order chi connectivity index (χ0) is 17.2. The van der Waals surface area contributed by atoms with Crippen molar-refractivity contribution in [1.82, 2.24) is 0 Å². The fraction of sp³-hybridized carbons (Fsp3) is 0. The van der Waals surface area contributed by atoms with Crippen LogP contribution in [0.4, 0.5) is 11.4 Å². The molecule has 0 radical (unpaired) electrons. The summed E-state index contributed by atoms with van der Waals surface area (Å²) in [7, 11) is -7.26. The van der Waals surface area contributed by atoms with Gasteiger partial charge in [0.2, 0.25) is 0 Å². The molecular formula is C14H12N2O4S4. The molecule has 1 aromatic carbocycles. The lowest BCUT2D eigenvalue weighted by molar-refractivity contribution is 0.599. The number of hydrogen-bond acceptors (Lipinski definition) is 6. The summed E-state index contributed by atoms with van der Waals surface area (Å²) in [5.41, 5.74) is 0.694. The maximum Gasteiger partial charge on any atom is 0.262 e. The number of hydrogen-bond donors (Lipinski definition) is 2. The van der Waals surface area contributed by atoms with Gasteiger partial charge < -0.3 is 0 Å². The molecule has 6 nitrogen and oxygen atoms in total. The Hall–Kier alpha value is -1.88. The smallest absolute Gasteiger partial charge is 0.262 e. The van der Waals surface area contributed by atoms with Gasteiger partial charge in [-0.15, -0.1) is 0 Å². The van der Waals surface area contributed by atoms with Gasteiger partial charge in [0.15, 0.2) is 0 Å². The predicted octanol–water partition coefficient (Wildman–Crippen LogP) is 3.41. The van der Waals surface area contributed by atoms with E-state index < -0.39 is 20.0 Å². The number of thiophene rings is 2. The first kappa shape index (κ1) is 17.0. The highest BCUT2D eigenvalue weighted by Gasteiger charge is 2.16. The van der Waals surface area contributed by atoms with Crippen LogP contribution in [-0.4, -0.2) is 16.8 Å². The molecule has 2 aromatic heterocycles. The predicted molar refractivity (Wildman–Crippen MR) is 96.7 cm³/mol. The van der Waals surface area contributed by atoms with E-state index in [1.165, 1.54) is 69.8 Å². The van der Waals surface area contributed by atoms with Crippen molar-refractivity contribution in [3.8, 4) is 0 Å². The summed E-state index contributed by atoms with van der Waals surface area (Å²) in [4.78, 5) is 0.379. The Bertz CT molecular complexity index is 922. The van der Waals surface area contributed by atoms with Gasteiger partial charge in [-0.3, -0.25) is 9.44 Å². The van der Waals surface area contributed by atoms with Crippen molar-refractivity contribution in [2.45, 2.75) is 9.79 Å². The number of rotatable bonds is 6. The first-order chi connectivity index (χ1) is 11.4. The molecule has 24 heavy (non-hydrogen) atoms. The monoisotopic (exact) mass is 400 g/mol. The first-order valence-corrected chi connectivity index (χ1v) is 11.4. The van der Waals surface area contributed by atoms with E-state index >= 15 is 0 Å². The molecule has 0 bridgehead atoms. The van der Waals surface area contributed by atoms with Crippen molar-refractivity contribution in [1.29, 1.82) is 0 Å². The SMILES string of the molecule is O=S(=O)(Nc1ccc(NS(=O)(=O)c2ccsc2)cc1)c1ccsc1. The molecule has 0 spiro atoms. The summed E-state index contributed by atoms with van der Waals surface area (Å²) in [5, 5.41) is 6.42. The van der Waals surface area contributed by atoms with Gasteiger partial charge in [-0.05, 0) is 47.2 Å². The minimum Gasteiger partial charge on any atom is -0.280 e. The maximum absolute atomic E-state index is 12.1. The standard InChI is InChI=1S/C14H12N2O4S4/c17-23(18,13-5-7-21-9-13)15-11-1-2-12(4-3-11)16-24(19,20)14-6-8-22-10-14/h1-10,15-16H. The van der Waals surface area contributed by atoms with Crippen LogP contribution in [0.1, 0.15) is 0 Å². The Balaban J connectivity index is 1.75. The van der Waals surface area contributed by atoms with Crippen LogP contribution < -0.4 is 9.44 Å². The van der Waals surface area contributed by atoms with Crippen LogP contribution in [0.5, 0.6) is 0 Å². The number of benzene rings is 1. The molecule has 0 amide bonds. The summed E-state index contributed by atoms with van der Waals surface area (Å²) >= 11 is 2.58. The molecule has 0 saturated carbocycles. The Labute approximate surface area is 147 Å². The molecule has 10 heteroatoms. The Kier molecular flexibility index (Phi) is 4.63. The second-order valence-electron chi connectivity index (χ2n) is 4.71. The van der Waals surface area contributed by atoms with Gasteiger partial charge in [-0.1, -0.05) is 0 Å². The number of anilines is 2. The number of nitrogens with one attached hydrogen (secondary N) is 2. The molecule has 3 rings (SSSR count). The Morgan fingerprint density at radius 1 is 0.625 bits per heavy atom. The average Bonchev–Trinajstić information content (AvgIpc) is 3.23. The van der Waals surface area contributed by atoms with Gasteiger partial charge in [0, 0.05) is 22.1 Å². The van der Waals surface area contributed by atoms with E-state index in [1.807, 2.05) is 0 Å². The van der Waals surface area contributed by atoms with E-state index in [0.717, 1.165) is 0 Å². The summed E-state index contributed by atoms with van der Waals surface area (Å²) in [6, 6.07) is 9.00. The molecule has 2 N–H and O–H groups in total. The minimum absolute atomic E-state index is 0.190. The van der Waals surface area contributed by atoms with Crippen LogP contribution in [0.3, 0.4) is 0 Å². The fourth-order valence-corrected chi connectivity index (χ4v) is 6.02. The third-order valence-electron chi connectivity index (χ3n) is 3.00. The third kappa shape index (κ3) is 3.78. The summed E-state index contributed by atoms with van der Waals surface area (Å²) in [6.45, 7) is 0. The van der Waals surface area contributed by atoms with Gasteiger partial charge in [0.05, 0.1) is 9.79 Å². The quantitative estimate of drug-likeness (QED) is 0.663. The van der Waals surface area contributed by atoms with E-state index in [4.69, 9.17) is 0 Å². The van der Waals surface area contributed by atoms with Crippen LogP contribution in [0.15, 0.2) is 67.7 Å². The highest BCUT2D eigenvalue weighted by Crippen LogP contribution is 2.22. The molecule has 0 fully saturated rings. The highest BCUT2D eigenvalue weighted by atomic mass is 32.2. The highest BCUT2D eigenvalue weighted by molar-refractivity contribution is 7.93. The Morgan fingerprint density at radius 3 is 1.29 bits per heavy atom. The molecule has 0 atom stereocenters. The van der Waals surface area contributed by atoms with Gasteiger partial charge in [-0.25, -0.2) is 16.8 Å². The normalized spacial score (nSPS) is 12.0. The van der Waals surface area contributed by atoms with Gasteiger partial charge in [0.1, 0.15) is 0 Å². The van der Waals surface area contributed by atoms with E-state index in [1.54, 1.807) is 10.8 Å². The van der Waals surface area contributed by atoms with Crippen LogP contribution in [0.2, 0.25) is 0 Å². The van der Waals surface area contributed by atoms with Crippen LogP contribution >= 0.6 is 22.7 Å². The van der Waals surface area contributed by atoms with Crippen molar-refractivity contribution in [3.05, 3.63) is 57.9 Å². The Morgan fingerprint density at radius 2 is 1.00 bits per heavy atom. The fourth-order valence-electron chi connectivity index (χ4n) is 1.84. The molecule has 0 saturated heterocycles. The van der Waals surface area contributed by atoms with E-state index in [0.29, 0.717) is 11.4 Å². The van der Waals surface area contributed by atoms with Crippen LogP contribution in [0, 0.1) is 0 Å². The van der Waals surface area contributed by atoms with Gasteiger partial charge >= 0.3 is 0 Å². The zero-order valence-electron chi connectivity index (χ0n) is 12.0.